The van der Waals surface area contributed by atoms with Gasteiger partial charge in [-0.3, -0.25) is 9.69 Å². The van der Waals surface area contributed by atoms with Crippen LogP contribution in [0.3, 0.4) is 0 Å². The molecular formula is C19H22N2O4S. The monoisotopic (exact) mass is 374 g/mol. The quantitative estimate of drug-likeness (QED) is 0.750. The largest absolute Gasteiger partial charge is 0.482 e. The number of benzene rings is 1. The molecule has 0 fully saturated rings. The van der Waals surface area contributed by atoms with Gasteiger partial charge in [0.25, 0.3) is 5.91 Å². The van der Waals surface area contributed by atoms with Gasteiger partial charge in [0, 0.05) is 10.9 Å². The zero-order chi connectivity index (χ0) is 18.8. The predicted molar refractivity (Wildman–Crippen MR) is 101 cm³/mol. The van der Waals surface area contributed by atoms with Crippen molar-refractivity contribution in [2.45, 2.75) is 33.7 Å². The van der Waals surface area contributed by atoms with Crippen LogP contribution in [0.2, 0.25) is 0 Å². The van der Waals surface area contributed by atoms with E-state index >= 15 is 0 Å². The van der Waals surface area contributed by atoms with Crippen molar-refractivity contribution in [1.29, 1.82) is 0 Å². The van der Waals surface area contributed by atoms with Crippen LogP contribution in [0.25, 0.3) is 11.3 Å². The summed E-state index contributed by atoms with van der Waals surface area (Å²) >= 11 is 1.56. The molecule has 0 saturated heterocycles. The second-order valence-electron chi connectivity index (χ2n) is 6.69. The molecule has 1 aliphatic heterocycles. The summed E-state index contributed by atoms with van der Waals surface area (Å²) < 4.78 is 10.8. The summed E-state index contributed by atoms with van der Waals surface area (Å²) in [6.07, 6.45) is 0. The fourth-order valence-corrected chi connectivity index (χ4v) is 3.35. The van der Waals surface area contributed by atoms with Gasteiger partial charge < -0.3 is 9.47 Å². The van der Waals surface area contributed by atoms with E-state index < -0.39 is 12.0 Å². The predicted octanol–water partition coefficient (Wildman–Crippen LogP) is 3.43. The molecule has 6 nitrogen and oxygen atoms in total. The first-order valence-corrected chi connectivity index (χ1v) is 9.43. The van der Waals surface area contributed by atoms with E-state index in [0.29, 0.717) is 18.0 Å². The van der Waals surface area contributed by atoms with Gasteiger partial charge in [0.1, 0.15) is 11.8 Å². The summed E-state index contributed by atoms with van der Waals surface area (Å²) in [6.45, 7) is 7.79. The maximum Gasteiger partial charge on any atom is 0.328 e. The van der Waals surface area contributed by atoms with E-state index in [0.717, 1.165) is 16.3 Å². The van der Waals surface area contributed by atoms with Crippen molar-refractivity contribution in [3.63, 3.8) is 0 Å². The third-order valence-corrected chi connectivity index (χ3v) is 4.81. The maximum atomic E-state index is 12.5. The number of anilines is 1. The van der Waals surface area contributed by atoms with Crippen molar-refractivity contribution in [2.75, 3.05) is 18.1 Å². The van der Waals surface area contributed by atoms with Gasteiger partial charge in [-0.05, 0) is 38.0 Å². The van der Waals surface area contributed by atoms with Gasteiger partial charge in [0.05, 0.1) is 23.0 Å². The molecular weight excluding hydrogens is 352 g/mol. The Morgan fingerprint density at radius 2 is 2.15 bits per heavy atom. The standard InChI is InChI=1S/C19H22N2O4S/c1-11(2)8-25-19(23)12(3)21-16-7-14(15-10-26-13(4)20-15)5-6-17(16)24-9-18(21)22/h5-7,10-12H,8-9H2,1-4H3. The van der Waals surface area contributed by atoms with Crippen LogP contribution >= 0.6 is 11.3 Å². The second-order valence-corrected chi connectivity index (χ2v) is 7.75. The molecule has 1 aromatic carbocycles. The van der Waals surface area contributed by atoms with E-state index in [-0.39, 0.29) is 18.4 Å². The summed E-state index contributed by atoms with van der Waals surface area (Å²) in [6, 6.07) is 4.83. The van der Waals surface area contributed by atoms with Gasteiger partial charge in [0.2, 0.25) is 0 Å². The summed E-state index contributed by atoms with van der Waals surface area (Å²) in [5.74, 6) is 0.120. The third-order valence-electron chi connectivity index (χ3n) is 4.04. The van der Waals surface area contributed by atoms with Crippen LogP contribution in [0.15, 0.2) is 23.6 Å². The van der Waals surface area contributed by atoms with E-state index in [9.17, 15) is 9.59 Å². The number of ether oxygens (including phenoxy) is 2. The van der Waals surface area contributed by atoms with Crippen molar-refractivity contribution < 1.29 is 19.1 Å². The molecule has 3 rings (SSSR count). The first-order valence-electron chi connectivity index (χ1n) is 8.55. The molecule has 0 spiro atoms. The third kappa shape index (κ3) is 3.72. The van der Waals surface area contributed by atoms with Crippen LogP contribution in [0.5, 0.6) is 5.75 Å². The van der Waals surface area contributed by atoms with E-state index in [2.05, 4.69) is 4.98 Å². The lowest BCUT2D eigenvalue weighted by molar-refractivity contribution is -0.147. The number of amides is 1. The number of rotatable bonds is 5. The fourth-order valence-electron chi connectivity index (χ4n) is 2.73. The van der Waals surface area contributed by atoms with E-state index in [1.54, 1.807) is 18.3 Å². The second kappa shape index (κ2) is 7.45. The fraction of sp³-hybridized carbons (Fsp3) is 0.421. The highest BCUT2D eigenvalue weighted by atomic mass is 32.1. The lowest BCUT2D eigenvalue weighted by Crippen LogP contribution is -2.48. The zero-order valence-corrected chi connectivity index (χ0v) is 16.1. The lowest BCUT2D eigenvalue weighted by atomic mass is 10.1. The minimum absolute atomic E-state index is 0.0933. The van der Waals surface area contributed by atoms with Crippen LogP contribution in [0, 0.1) is 12.8 Å². The summed E-state index contributed by atoms with van der Waals surface area (Å²) in [4.78, 5) is 30.8. The first kappa shape index (κ1) is 18.4. The van der Waals surface area contributed by atoms with E-state index in [1.807, 2.05) is 44.4 Å². The van der Waals surface area contributed by atoms with Crippen molar-refractivity contribution in [3.8, 4) is 17.0 Å². The van der Waals surface area contributed by atoms with Gasteiger partial charge in [-0.1, -0.05) is 13.8 Å². The number of thiazole rings is 1. The Morgan fingerprint density at radius 1 is 1.38 bits per heavy atom. The molecule has 2 aromatic rings. The van der Waals surface area contributed by atoms with Crippen molar-refractivity contribution in [2.24, 2.45) is 5.92 Å². The average Bonchev–Trinajstić information content (AvgIpc) is 3.05. The maximum absolute atomic E-state index is 12.5. The number of esters is 1. The molecule has 26 heavy (non-hydrogen) atoms. The first-order chi connectivity index (χ1) is 12.4. The van der Waals surface area contributed by atoms with Crippen LogP contribution in [-0.2, 0) is 14.3 Å². The molecule has 1 unspecified atom stereocenters. The molecule has 0 N–H and O–H groups in total. The highest BCUT2D eigenvalue weighted by molar-refractivity contribution is 7.09. The molecule has 0 radical (unpaired) electrons. The molecule has 0 bridgehead atoms. The van der Waals surface area contributed by atoms with E-state index in [1.165, 1.54) is 4.90 Å². The summed E-state index contributed by atoms with van der Waals surface area (Å²) in [5, 5.41) is 2.93. The van der Waals surface area contributed by atoms with Crippen LogP contribution in [0.1, 0.15) is 25.8 Å². The highest BCUT2D eigenvalue weighted by Gasteiger charge is 2.34. The number of nitrogens with zero attached hydrogens (tertiary/aromatic N) is 2. The molecule has 0 aliphatic carbocycles. The Morgan fingerprint density at radius 3 is 2.81 bits per heavy atom. The number of hydrogen-bond acceptors (Lipinski definition) is 6. The Bertz CT molecular complexity index is 831. The summed E-state index contributed by atoms with van der Waals surface area (Å²) in [7, 11) is 0. The topological polar surface area (TPSA) is 68.7 Å². The van der Waals surface area contributed by atoms with Gasteiger partial charge in [-0.2, -0.15) is 0 Å². The van der Waals surface area contributed by atoms with Crippen LogP contribution in [-0.4, -0.2) is 36.1 Å². The Kier molecular flexibility index (Phi) is 5.27. The Hall–Kier alpha value is -2.41. The zero-order valence-electron chi connectivity index (χ0n) is 15.3. The van der Waals surface area contributed by atoms with Crippen LogP contribution < -0.4 is 9.64 Å². The normalized spacial score (nSPS) is 14.8. The molecule has 2 heterocycles. The number of hydrogen-bond donors (Lipinski definition) is 0. The molecule has 1 atom stereocenters. The molecule has 138 valence electrons. The Labute approximate surface area is 156 Å². The number of carbonyl (C=O) groups is 2. The van der Waals surface area contributed by atoms with Crippen molar-refractivity contribution in [1.82, 2.24) is 4.98 Å². The van der Waals surface area contributed by atoms with Gasteiger partial charge in [-0.25, -0.2) is 9.78 Å². The number of aryl methyl sites for hydroxylation is 1. The van der Waals surface area contributed by atoms with Crippen molar-refractivity contribution >= 4 is 28.9 Å². The minimum Gasteiger partial charge on any atom is -0.482 e. The van der Waals surface area contributed by atoms with E-state index in [4.69, 9.17) is 9.47 Å². The minimum atomic E-state index is -0.726. The van der Waals surface area contributed by atoms with Crippen LogP contribution in [0.4, 0.5) is 5.69 Å². The molecule has 1 amide bonds. The van der Waals surface area contributed by atoms with Gasteiger partial charge in [0.15, 0.2) is 6.61 Å². The number of carbonyl (C=O) groups excluding carboxylic acids is 2. The molecule has 0 saturated carbocycles. The van der Waals surface area contributed by atoms with Gasteiger partial charge >= 0.3 is 5.97 Å². The summed E-state index contributed by atoms with van der Waals surface area (Å²) in [5.41, 5.74) is 2.28. The molecule has 1 aromatic heterocycles. The number of fused-ring (bicyclic) bond motifs is 1. The number of aromatic nitrogens is 1. The molecule has 1 aliphatic rings. The lowest BCUT2D eigenvalue weighted by Gasteiger charge is -2.33. The SMILES string of the molecule is Cc1nc(-c2ccc3c(c2)N(C(C)C(=O)OCC(C)C)C(=O)CO3)cs1. The highest BCUT2D eigenvalue weighted by Crippen LogP contribution is 2.37. The van der Waals surface area contributed by atoms with Gasteiger partial charge in [-0.15, -0.1) is 11.3 Å². The smallest absolute Gasteiger partial charge is 0.328 e. The average molecular weight is 374 g/mol. The van der Waals surface area contributed by atoms with Crippen molar-refractivity contribution in [3.05, 3.63) is 28.6 Å². The molecule has 7 heteroatoms. The Balaban J connectivity index is 1.92.